The summed E-state index contributed by atoms with van der Waals surface area (Å²) in [5, 5.41) is 5.07. The van der Waals surface area contributed by atoms with Crippen molar-refractivity contribution in [3.05, 3.63) is 75.3 Å². The summed E-state index contributed by atoms with van der Waals surface area (Å²) < 4.78 is 10.6. The Kier molecular flexibility index (Phi) is 4.73. The molecule has 1 aromatic carbocycles. The molecule has 1 atom stereocenters. The quantitative estimate of drug-likeness (QED) is 0.504. The molecule has 142 valence electrons. The van der Waals surface area contributed by atoms with Crippen LogP contribution in [0.25, 0.3) is 22.3 Å². The smallest absolute Gasteiger partial charge is 0.196 e. The topological polar surface area (TPSA) is 68.0 Å². The standard InChI is InChI=1S/C22H21N3O2S/c1-12-8-17(15(4)24-19-10-13(2)25-28-19)22-18(9-12)20(26)14(3)21(27-22)16-6-5-7-23-11-16/h5-11,15,24H,1-4H3. The molecule has 0 aliphatic heterocycles. The molecule has 28 heavy (non-hydrogen) atoms. The van der Waals surface area contributed by atoms with Gasteiger partial charge in [-0.3, -0.25) is 9.78 Å². The van der Waals surface area contributed by atoms with Crippen LogP contribution in [-0.4, -0.2) is 9.36 Å². The number of fused-ring (bicyclic) bond motifs is 1. The summed E-state index contributed by atoms with van der Waals surface area (Å²) in [7, 11) is 0. The average Bonchev–Trinajstić information content (AvgIpc) is 3.09. The van der Waals surface area contributed by atoms with Gasteiger partial charge in [0.25, 0.3) is 0 Å². The fraction of sp³-hybridized carbons (Fsp3) is 0.227. The number of aromatic nitrogens is 2. The monoisotopic (exact) mass is 391 g/mol. The third-order valence-electron chi connectivity index (χ3n) is 4.77. The summed E-state index contributed by atoms with van der Waals surface area (Å²) >= 11 is 1.43. The van der Waals surface area contributed by atoms with Crippen LogP contribution in [0.5, 0.6) is 0 Å². The Bertz CT molecular complexity index is 1210. The maximum absolute atomic E-state index is 13.1. The second-order valence-corrected chi connectivity index (χ2v) is 7.86. The first-order chi connectivity index (χ1) is 13.4. The summed E-state index contributed by atoms with van der Waals surface area (Å²) in [5.41, 5.74) is 4.95. The molecule has 0 saturated carbocycles. The highest BCUT2D eigenvalue weighted by atomic mass is 32.1. The molecule has 0 amide bonds. The van der Waals surface area contributed by atoms with Gasteiger partial charge in [-0.05, 0) is 69.1 Å². The van der Waals surface area contributed by atoms with Crippen molar-refractivity contribution in [1.82, 2.24) is 9.36 Å². The number of rotatable bonds is 4. The van der Waals surface area contributed by atoms with Crippen LogP contribution in [0.3, 0.4) is 0 Å². The molecule has 0 aliphatic carbocycles. The summed E-state index contributed by atoms with van der Waals surface area (Å²) in [6, 6.07) is 9.67. The van der Waals surface area contributed by atoms with Crippen LogP contribution < -0.4 is 10.7 Å². The zero-order valence-corrected chi connectivity index (χ0v) is 17.1. The molecule has 0 spiro atoms. The van der Waals surface area contributed by atoms with Gasteiger partial charge in [-0.1, -0.05) is 6.07 Å². The molecule has 4 aromatic rings. The van der Waals surface area contributed by atoms with E-state index in [0.717, 1.165) is 27.4 Å². The first-order valence-corrected chi connectivity index (χ1v) is 9.89. The van der Waals surface area contributed by atoms with Crippen LogP contribution in [0, 0.1) is 20.8 Å². The minimum Gasteiger partial charge on any atom is -0.455 e. The number of anilines is 1. The maximum atomic E-state index is 13.1. The van der Waals surface area contributed by atoms with Gasteiger partial charge in [0, 0.05) is 29.1 Å². The van der Waals surface area contributed by atoms with E-state index < -0.39 is 0 Å². The second-order valence-electron chi connectivity index (χ2n) is 7.06. The Labute approximate surface area is 167 Å². The van der Waals surface area contributed by atoms with E-state index in [1.54, 1.807) is 19.3 Å². The molecule has 1 unspecified atom stereocenters. The zero-order chi connectivity index (χ0) is 19.8. The molecule has 5 nitrogen and oxygen atoms in total. The molecule has 0 fully saturated rings. The van der Waals surface area contributed by atoms with E-state index in [1.165, 1.54) is 11.5 Å². The zero-order valence-electron chi connectivity index (χ0n) is 16.2. The van der Waals surface area contributed by atoms with E-state index >= 15 is 0 Å². The Morgan fingerprint density at radius 2 is 2.00 bits per heavy atom. The van der Waals surface area contributed by atoms with Crippen LogP contribution in [0.4, 0.5) is 5.00 Å². The van der Waals surface area contributed by atoms with Gasteiger partial charge in [0.2, 0.25) is 0 Å². The van der Waals surface area contributed by atoms with Gasteiger partial charge < -0.3 is 9.73 Å². The van der Waals surface area contributed by atoms with Gasteiger partial charge >= 0.3 is 0 Å². The summed E-state index contributed by atoms with van der Waals surface area (Å²) in [5.74, 6) is 0.566. The Morgan fingerprint density at radius 1 is 1.18 bits per heavy atom. The van der Waals surface area contributed by atoms with Gasteiger partial charge in [0.05, 0.1) is 17.1 Å². The van der Waals surface area contributed by atoms with Crippen molar-refractivity contribution in [3.8, 4) is 11.3 Å². The highest BCUT2D eigenvalue weighted by Gasteiger charge is 2.19. The predicted octanol–water partition coefficient (Wildman–Crippen LogP) is 5.41. The van der Waals surface area contributed by atoms with Crippen LogP contribution in [-0.2, 0) is 0 Å². The van der Waals surface area contributed by atoms with E-state index in [-0.39, 0.29) is 11.5 Å². The largest absolute Gasteiger partial charge is 0.455 e. The van der Waals surface area contributed by atoms with E-state index in [4.69, 9.17) is 4.42 Å². The van der Waals surface area contributed by atoms with Crippen molar-refractivity contribution < 1.29 is 4.42 Å². The van der Waals surface area contributed by atoms with Gasteiger partial charge in [0.1, 0.15) is 16.3 Å². The van der Waals surface area contributed by atoms with E-state index in [0.29, 0.717) is 22.3 Å². The SMILES string of the molecule is Cc1cc(C(C)Nc2cc(C)ns2)c2oc(-c3cccnc3)c(C)c(=O)c2c1. The average molecular weight is 391 g/mol. The van der Waals surface area contributed by atoms with E-state index in [2.05, 4.69) is 27.7 Å². The number of aryl methyl sites for hydroxylation is 2. The van der Waals surface area contributed by atoms with Crippen LogP contribution in [0.2, 0.25) is 0 Å². The first-order valence-electron chi connectivity index (χ1n) is 9.12. The maximum Gasteiger partial charge on any atom is 0.196 e. The second kappa shape index (κ2) is 7.20. The molecular weight excluding hydrogens is 370 g/mol. The molecule has 4 rings (SSSR count). The van der Waals surface area contributed by atoms with Crippen molar-refractivity contribution >= 4 is 27.5 Å². The fourth-order valence-electron chi connectivity index (χ4n) is 3.38. The predicted molar refractivity (Wildman–Crippen MR) is 114 cm³/mol. The molecule has 0 radical (unpaired) electrons. The van der Waals surface area contributed by atoms with Crippen LogP contribution in [0.15, 0.2) is 51.9 Å². The molecule has 3 aromatic heterocycles. The Morgan fingerprint density at radius 3 is 2.68 bits per heavy atom. The van der Waals surface area contributed by atoms with E-state index in [1.807, 2.05) is 38.1 Å². The van der Waals surface area contributed by atoms with Gasteiger partial charge in [-0.15, -0.1) is 0 Å². The Balaban J connectivity index is 1.91. The summed E-state index contributed by atoms with van der Waals surface area (Å²) in [6.07, 6.45) is 3.42. The molecule has 0 saturated heterocycles. The number of benzene rings is 1. The fourth-order valence-corrected chi connectivity index (χ4v) is 4.13. The molecule has 3 heterocycles. The number of hydrogen-bond donors (Lipinski definition) is 1. The van der Waals surface area contributed by atoms with Crippen molar-refractivity contribution in [2.45, 2.75) is 33.7 Å². The third-order valence-corrected chi connectivity index (χ3v) is 5.58. The number of nitrogens with one attached hydrogen (secondary N) is 1. The lowest BCUT2D eigenvalue weighted by molar-refractivity contribution is 0.605. The molecule has 0 bridgehead atoms. The number of pyridine rings is 1. The van der Waals surface area contributed by atoms with Crippen LogP contribution >= 0.6 is 11.5 Å². The number of hydrogen-bond acceptors (Lipinski definition) is 6. The lowest BCUT2D eigenvalue weighted by atomic mass is 9.99. The van der Waals surface area contributed by atoms with Gasteiger partial charge in [-0.25, -0.2) is 0 Å². The highest BCUT2D eigenvalue weighted by Crippen LogP contribution is 2.32. The summed E-state index contributed by atoms with van der Waals surface area (Å²) in [4.78, 5) is 17.3. The lowest BCUT2D eigenvalue weighted by Crippen LogP contribution is -2.12. The minimum atomic E-state index is -0.0464. The molecular formula is C22H21N3O2S. The van der Waals surface area contributed by atoms with Gasteiger partial charge in [-0.2, -0.15) is 4.37 Å². The van der Waals surface area contributed by atoms with Crippen molar-refractivity contribution in [3.63, 3.8) is 0 Å². The third kappa shape index (κ3) is 3.31. The molecule has 0 aliphatic rings. The van der Waals surface area contributed by atoms with Crippen molar-refractivity contribution in [1.29, 1.82) is 0 Å². The minimum absolute atomic E-state index is 0.00844. The van der Waals surface area contributed by atoms with Gasteiger partial charge in [0.15, 0.2) is 5.43 Å². The first kappa shape index (κ1) is 18.4. The van der Waals surface area contributed by atoms with Crippen molar-refractivity contribution in [2.75, 3.05) is 5.32 Å². The lowest BCUT2D eigenvalue weighted by Gasteiger charge is -2.17. The number of nitrogens with zero attached hydrogens (tertiary/aromatic N) is 2. The van der Waals surface area contributed by atoms with E-state index in [9.17, 15) is 4.79 Å². The van der Waals surface area contributed by atoms with Crippen LogP contribution in [0.1, 0.15) is 35.3 Å². The molecule has 6 heteroatoms. The molecule has 1 N–H and O–H groups in total. The van der Waals surface area contributed by atoms with Crippen molar-refractivity contribution in [2.24, 2.45) is 0 Å². The normalized spacial score (nSPS) is 12.3. The highest BCUT2D eigenvalue weighted by molar-refractivity contribution is 7.10. The Hall–Kier alpha value is -2.99. The summed E-state index contributed by atoms with van der Waals surface area (Å²) in [6.45, 7) is 7.83.